The van der Waals surface area contributed by atoms with Crippen LogP contribution in [0, 0.1) is 18.3 Å². The van der Waals surface area contributed by atoms with Crippen molar-refractivity contribution in [1.82, 2.24) is 9.88 Å². The minimum atomic E-state index is -4.62. The molecule has 0 spiro atoms. The molecule has 6 nitrogen and oxygen atoms in total. The maximum absolute atomic E-state index is 13.4. The predicted molar refractivity (Wildman–Crippen MR) is 133 cm³/mol. The SMILES string of the molecule is C=CCC[C@@H](C)C(=O)CC[C@@]12C[C@@H](C(=O)Cc3nc(C(F)(F)F)ccc3C)N(C(=O)OC(C)(C)C)[C@@H]1C2. The number of ether oxygens (including phenoxy) is 1. The molecular formula is C28H37F3N2O4. The lowest BCUT2D eigenvalue weighted by Crippen LogP contribution is -2.46. The van der Waals surface area contributed by atoms with Crippen LogP contribution in [0.4, 0.5) is 18.0 Å². The zero-order valence-electron chi connectivity index (χ0n) is 22.3. The number of fused-ring (bicyclic) bond motifs is 1. The number of aromatic nitrogens is 1. The number of ketones is 2. The van der Waals surface area contributed by atoms with Crippen molar-refractivity contribution in [2.75, 3.05) is 0 Å². The highest BCUT2D eigenvalue weighted by atomic mass is 19.4. The summed E-state index contributed by atoms with van der Waals surface area (Å²) in [6.07, 6.45) is -0.345. The second-order valence-electron chi connectivity index (χ2n) is 11.5. The van der Waals surface area contributed by atoms with Crippen LogP contribution < -0.4 is 0 Å². The first-order valence-electron chi connectivity index (χ1n) is 12.8. The second-order valence-corrected chi connectivity index (χ2v) is 11.5. The Morgan fingerprint density at radius 1 is 1.24 bits per heavy atom. The molecule has 1 saturated heterocycles. The molecule has 1 aromatic rings. The number of pyridine rings is 1. The second kappa shape index (κ2) is 10.6. The van der Waals surface area contributed by atoms with E-state index in [9.17, 15) is 27.6 Å². The number of aryl methyl sites for hydroxylation is 1. The van der Waals surface area contributed by atoms with Crippen LogP contribution in [0.3, 0.4) is 0 Å². The maximum Gasteiger partial charge on any atom is 0.433 e. The van der Waals surface area contributed by atoms with E-state index < -0.39 is 29.6 Å². The van der Waals surface area contributed by atoms with Gasteiger partial charge < -0.3 is 4.74 Å². The lowest BCUT2D eigenvalue weighted by atomic mass is 9.88. The first-order chi connectivity index (χ1) is 17.1. The summed E-state index contributed by atoms with van der Waals surface area (Å²) >= 11 is 0. The fourth-order valence-corrected chi connectivity index (χ4v) is 5.19. The van der Waals surface area contributed by atoms with Gasteiger partial charge in [-0.1, -0.05) is 19.1 Å². The summed E-state index contributed by atoms with van der Waals surface area (Å²) in [7, 11) is 0. The molecule has 1 amide bonds. The number of allylic oxidation sites excluding steroid dienone is 1. The number of amides is 1. The molecule has 1 aromatic heterocycles. The molecule has 0 unspecified atom stereocenters. The number of halogens is 3. The molecular weight excluding hydrogens is 485 g/mol. The molecule has 204 valence electrons. The number of carbonyl (C=O) groups excluding carboxylic acids is 3. The van der Waals surface area contributed by atoms with Crippen LogP contribution in [0.25, 0.3) is 0 Å². The average Bonchev–Trinajstić information content (AvgIpc) is 3.38. The maximum atomic E-state index is 13.4. The first-order valence-corrected chi connectivity index (χ1v) is 12.8. The van der Waals surface area contributed by atoms with Gasteiger partial charge in [0.15, 0.2) is 5.78 Å². The third kappa shape index (κ3) is 6.79. The van der Waals surface area contributed by atoms with Crippen molar-refractivity contribution in [1.29, 1.82) is 0 Å². The Hall–Kier alpha value is -2.71. The van der Waals surface area contributed by atoms with Gasteiger partial charge >= 0.3 is 12.3 Å². The quantitative estimate of drug-likeness (QED) is 0.340. The Bertz CT molecular complexity index is 1060. The number of hydrogen-bond acceptors (Lipinski definition) is 5. The van der Waals surface area contributed by atoms with E-state index >= 15 is 0 Å². The first kappa shape index (κ1) is 28.9. The number of alkyl halides is 3. The van der Waals surface area contributed by atoms with Gasteiger partial charge in [0.25, 0.3) is 0 Å². The minimum absolute atomic E-state index is 0.0461. The number of carbonyl (C=O) groups is 3. The Labute approximate surface area is 216 Å². The lowest BCUT2D eigenvalue weighted by Gasteiger charge is -2.30. The van der Waals surface area contributed by atoms with Crippen molar-refractivity contribution in [3.8, 4) is 0 Å². The normalized spacial score (nSPS) is 23.8. The van der Waals surface area contributed by atoms with Crippen molar-refractivity contribution in [2.24, 2.45) is 11.3 Å². The standard InChI is InChI=1S/C28H37F3N2O4/c1-7-8-9-18(3)21(34)12-13-27-15-20(33(24(27)16-27)25(36)37-26(4,5)6)22(35)14-19-17(2)10-11-23(32-19)28(29,30)31/h7,10-11,18,20,24H,1,8-9,12-16H2,2-6H3/t18-,20+,24-,27+/m1/s1. The van der Waals surface area contributed by atoms with Crippen LogP contribution in [-0.2, 0) is 26.9 Å². The highest BCUT2D eigenvalue weighted by molar-refractivity contribution is 5.90. The molecule has 0 bridgehead atoms. The van der Waals surface area contributed by atoms with Crippen LogP contribution in [0.1, 0.15) is 83.2 Å². The van der Waals surface area contributed by atoms with E-state index in [4.69, 9.17) is 4.74 Å². The summed E-state index contributed by atoms with van der Waals surface area (Å²) in [5, 5.41) is 0. The lowest BCUT2D eigenvalue weighted by molar-refractivity contribution is -0.141. The molecule has 1 saturated carbocycles. The number of likely N-dealkylation sites (tertiary alicyclic amines) is 1. The van der Waals surface area contributed by atoms with E-state index in [0.29, 0.717) is 31.2 Å². The predicted octanol–water partition coefficient (Wildman–Crippen LogP) is 6.24. The van der Waals surface area contributed by atoms with Crippen molar-refractivity contribution < 1.29 is 32.3 Å². The smallest absolute Gasteiger partial charge is 0.433 e. The number of piperidine rings is 1. The van der Waals surface area contributed by atoms with E-state index in [1.165, 1.54) is 11.0 Å². The molecule has 3 rings (SSSR count). The van der Waals surface area contributed by atoms with Gasteiger partial charge in [0.1, 0.15) is 17.1 Å². The van der Waals surface area contributed by atoms with Crippen molar-refractivity contribution in [3.63, 3.8) is 0 Å². The van der Waals surface area contributed by atoms with Gasteiger partial charge in [-0.25, -0.2) is 9.78 Å². The molecule has 9 heteroatoms. The molecule has 0 N–H and O–H groups in total. The number of nitrogens with zero attached hydrogens (tertiary/aromatic N) is 2. The molecule has 2 aliphatic rings. The Balaban J connectivity index is 1.79. The van der Waals surface area contributed by atoms with Gasteiger partial charge in [-0.05, 0) is 76.8 Å². The molecule has 2 fully saturated rings. The van der Waals surface area contributed by atoms with Crippen LogP contribution in [-0.4, -0.2) is 45.2 Å². The number of hydrogen-bond donors (Lipinski definition) is 0. The highest BCUT2D eigenvalue weighted by Gasteiger charge is 2.67. The van der Waals surface area contributed by atoms with Crippen LogP contribution in [0.15, 0.2) is 24.8 Å². The van der Waals surface area contributed by atoms with E-state index in [-0.39, 0.29) is 41.1 Å². The van der Waals surface area contributed by atoms with Crippen molar-refractivity contribution in [2.45, 2.75) is 103 Å². The summed E-state index contributed by atoms with van der Waals surface area (Å²) in [4.78, 5) is 44.4. The summed E-state index contributed by atoms with van der Waals surface area (Å²) < 4.78 is 45.2. The van der Waals surface area contributed by atoms with Gasteiger partial charge in [0.2, 0.25) is 0 Å². The highest BCUT2D eigenvalue weighted by Crippen LogP contribution is 2.62. The van der Waals surface area contributed by atoms with E-state index in [1.807, 2.05) is 6.92 Å². The van der Waals surface area contributed by atoms with Gasteiger partial charge in [0.05, 0.1) is 18.2 Å². The van der Waals surface area contributed by atoms with E-state index in [2.05, 4.69) is 11.6 Å². The van der Waals surface area contributed by atoms with Crippen molar-refractivity contribution in [3.05, 3.63) is 41.7 Å². The Morgan fingerprint density at radius 2 is 1.92 bits per heavy atom. The van der Waals surface area contributed by atoms with Gasteiger partial charge in [-0.15, -0.1) is 6.58 Å². The molecule has 4 atom stereocenters. The van der Waals surface area contributed by atoms with Crippen molar-refractivity contribution >= 4 is 17.7 Å². The zero-order chi connectivity index (χ0) is 27.8. The minimum Gasteiger partial charge on any atom is -0.444 e. The monoisotopic (exact) mass is 522 g/mol. The van der Waals surface area contributed by atoms with Crippen LogP contribution in [0.2, 0.25) is 0 Å². The fraction of sp³-hybridized carbons (Fsp3) is 0.643. The summed E-state index contributed by atoms with van der Waals surface area (Å²) in [5.41, 5.74) is -1.67. The topological polar surface area (TPSA) is 76.6 Å². The number of rotatable bonds is 10. The molecule has 0 radical (unpaired) electrons. The van der Waals surface area contributed by atoms with E-state index in [1.54, 1.807) is 33.8 Å². The van der Waals surface area contributed by atoms with E-state index in [0.717, 1.165) is 18.9 Å². The third-order valence-electron chi connectivity index (χ3n) is 7.45. The Kier molecular flexibility index (Phi) is 8.25. The number of Topliss-reactive ketones (excluding diaryl/α,β-unsaturated/α-hetero) is 2. The Morgan fingerprint density at radius 3 is 2.51 bits per heavy atom. The van der Waals surface area contributed by atoms with Gasteiger partial charge in [-0.2, -0.15) is 13.2 Å². The molecule has 0 aromatic carbocycles. The average molecular weight is 523 g/mol. The van der Waals surface area contributed by atoms with Gasteiger partial charge in [-0.3, -0.25) is 14.5 Å². The fourth-order valence-electron chi connectivity index (χ4n) is 5.19. The summed E-state index contributed by atoms with van der Waals surface area (Å²) in [6.45, 7) is 12.4. The molecule has 37 heavy (non-hydrogen) atoms. The van der Waals surface area contributed by atoms with Crippen LogP contribution >= 0.6 is 0 Å². The van der Waals surface area contributed by atoms with Gasteiger partial charge in [0, 0.05) is 18.4 Å². The molecule has 1 aliphatic carbocycles. The zero-order valence-corrected chi connectivity index (χ0v) is 22.3. The van der Waals surface area contributed by atoms with Crippen LogP contribution in [0.5, 0.6) is 0 Å². The largest absolute Gasteiger partial charge is 0.444 e. The summed E-state index contributed by atoms with van der Waals surface area (Å²) in [5.74, 6) is -0.329. The summed E-state index contributed by atoms with van der Waals surface area (Å²) in [6, 6.07) is 1.13. The molecule has 2 heterocycles. The molecule has 1 aliphatic heterocycles. The third-order valence-corrected chi connectivity index (χ3v) is 7.45.